The number of carbonyl (C=O) groups is 1. The number of anilines is 1. The molecule has 10 heteroatoms. The zero-order valence-electron chi connectivity index (χ0n) is 16.4. The molecule has 0 atom stereocenters. The fourth-order valence-electron chi connectivity index (χ4n) is 3.07. The number of aryl methyl sites for hydroxylation is 2. The van der Waals surface area contributed by atoms with Gasteiger partial charge in [0.25, 0.3) is 5.91 Å². The molecule has 0 aliphatic carbocycles. The summed E-state index contributed by atoms with van der Waals surface area (Å²) in [4.78, 5) is 17.0. The lowest BCUT2D eigenvalue weighted by atomic mass is 10.2. The molecule has 0 fully saturated rings. The van der Waals surface area contributed by atoms with Gasteiger partial charge in [-0.3, -0.25) is 9.48 Å². The van der Waals surface area contributed by atoms with Gasteiger partial charge in [0.05, 0.1) is 17.6 Å². The molecule has 30 heavy (non-hydrogen) atoms. The van der Waals surface area contributed by atoms with Crippen LogP contribution >= 0.6 is 0 Å². The number of nitrogens with zero attached hydrogens (tertiary/aromatic N) is 5. The van der Waals surface area contributed by atoms with Crippen molar-refractivity contribution >= 4 is 17.2 Å². The third-order valence-corrected chi connectivity index (χ3v) is 4.70. The summed E-state index contributed by atoms with van der Waals surface area (Å²) in [6, 6.07) is 7.91. The van der Waals surface area contributed by atoms with Crippen LogP contribution in [0, 0.1) is 13.8 Å². The number of nitrogens with one attached hydrogen (secondary N) is 1. The van der Waals surface area contributed by atoms with Gasteiger partial charge in [-0.2, -0.15) is 19.0 Å². The lowest BCUT2D eigenvalue weighted by Gasteiger charge is -2.12. The Bertz CT molecular complexity index is 1250. The standard InChI is InChI=1S/C20H18F2N6O2/c1-11-4-5-14(17(8-11)30-20(21)22)25-19(29)15-9-18-23-7-6-16(28(18)26-15)13-10-24-27(3)12(13)2/h4-10,20H,1-3H3,(H,25,29). The maximum atomic E-state index is 12.8. The minimum atomic E-state index is -3.01. The van der Waals surface area contributed by atoms with E-state index in [0.717, 1.165) is 22.5 Å². The van der Waals surface area contributed by atoms with Crippen molar-refractivity contribution in [2.75, 3.05) is 5.32 Å². The Morgan fingerprint density at radius 3 is 2.70 bits per heavy atom. The second-order valence-electron chi connectivity index (χ2n) is 6.73. The van der Waals surface area contributed by atoms with Crippen LogP contribution in [-0.2, 0) is 7.05 Å². The number of fused-ring (bicyclic) bond motifs is 1. The minimum Gasteiger partial charge on any atom is -0.433 e. The van der Waals surface area contributed by atoms with Crippen LogP contribution in [-0.4, -0.2) is 36.9 Å². The number of aromatic nitrogens is 5. The van der Waals surface area contributed by atoms with Crippen molar-refractivity contribution in [3.8, 4) is 17.0 Å². The van der Waals surface area contributed by atoms with Gasteiger partial charge in [-0.25, -0.2) is 9.50 Å². The van der Waals surface area contributed by atoms with Gasteiger partial charge >= 0.3 is 6.61 Å². The van der Waals surface area contributed by atoms with Crippen molar-refractivity contribution in [3.05, 3.63) is 59.7 Å². The number of alkyl halides is 2. The van der Waals surface area contributed by atoms with E-state index in [-0.39, 0.29) is 17.1 Å². The van der Waals surface area contributed by atoms with Gasteiger partial charge in [-0.05, 0) is 37.6 Å². The number of hydrogen-bond acceptors (Lipinski definition) is 5. The number of ether oxygens (including phenoxy) is 1. The van der Waals surface area contributed by atoms with Crippen LogP contribution in [0.4, 0.5) is 14.5 Å². The third kappa shape index (κ3) is 3.59. The molecule has 3 heterocycles. The van der Waals surface area contributed by atoms with E-state index < -0.39 is 12.5 Å². The van der Waals surface area contributed by atoms with Crippen molar-refractivity contribution in [2.45, 2.75) is 20.5 Å². The number of benzene rings is 1. The monoisotopic (exact) mass is 412 g/mol. The number of carbonyl (C=O) groups excluding carboxylic acids is 1. The Morgan fingerprint density at radius 2 is 2.00 bits per heavy atom. The average Bonchev–Trinajstić information content (AvgIpc) is 3.27. The van der Waals surface area contributed by atoms with Crippen LogP contribution in [0.25, 0.3) is 16.9 Å². The first-order valence-corrected chi connectivity index (χ1v) is 9.04. The van der Waals surface area contributed by atoms with Gasteiger partial charge in [0.15, 0.2) is 11.3 Å². The van der Waals surface area contributed by atoms with Gasteiger partial charge in [-0.1, -0.05) is 6.07 Å². The van der Waals surface area contributed by atoms with E-state index in [0.29, 0.717) is 5.65 Å². The van der Waals surface area contributed by atoms with E-state index in [1.165, 1.54) is 18.2 Å². The van der Waals surface area contributed by atoms with Crippen molar-refractivity contribution in [3.63, 3.8) is 0 Å². The number of rotatable bonds is 5. The van der Waals surface area contributed by atoms with Gasteiger partial charge in [0, 0.05) is 30.6 Å². The second-order valence-corrected chi connectivity index (χ2v) is 6.73. The van der Waals surface area contributed by atoms with E-state index >= 15 is 0 Å². The first-order chi connectivity index (χ1) is 14.3. The maximum absolute atomic E-state index is 12.8. The summed E-state index contributed by atoms with van der Waals surface area (Å²) in [6.45, 7) is 0.653. The maximum Gasteiger partial charge on any atom is 0.387 e. The predicted octanol–water partition coefficient (Wildman–Crippen LogP) is 3.60. The van der Waals surface area contributed by atoms with Crippen LogP contribution in [0.2, 0.25) is 0 Å². The number of hydrogen-bond donors (Lipinski definition) is 1. The molecule has 0 spiro atoms. The molecule has 154 valence electrons. The van der Waals surface area contributed by atoms with E-state index in [2.05, 4.69) is 25.2 Å². The number of amides is 1. The molecule has 0 saturated heterocycles. The molecule has 0 radical (unpaired) electrons. The van der Waals surface area contributed by atoms with Crippen LogP contribution < -0.4 is 10.1 Å². The molecule has 0 saturated carbocycles. The summed E-state index contributed by atoms with van der Waals surface area (Å²) in [7, 11) is 1.83. The Kier molecular flexibility index (Phi) is 4.90. The summed E-state index contributed by atoms with van der Waals surface area (Å²) in [6.07, 6.45) is 3.33. The molecule has 0 aliphatic heterocycles. The van der Waals surface area contributed by atoms with Crippen molar-refractivity contribution in [1.29, 1.82) is 0 Å². The summed E-state index contributed by atoms with van der Waals surface area (Å²) < 4.78 is 33.2. The van der Waals surface area contributed by atoms with Gasteiger partial charge in [0.1, 0.15) is 5.75 Å². The van der Waals surface area contributed by atoms with Crippen molar-refractivity contribution in [2.24, 2.45) is 7.05 Å². The fourth-order valence-corrected chi connectivity index (χ4v) is 3.07. The predicted molar refractivity (Wildman–Crippen MR) is 106 cm³/mol. The van der Waals surface area contributed by atoms with E-state index in [4.69, 9.17) is 0 Å². The smallest absolute Gasteiger partial charge is 0.387 e. The molecule has 0 aliphatic rings. The Hall–Kier alpha value is -3.82. The fraction of sp³-hybridized carbons (Fsp3) is 0.200. The zero-order chi connectivity index (χ0) is 21.4. The molecule has 8 nitrogen and oxygen atoms in total. The normalized spacial score (nSPS) is 11.3. The topological polar surface area (TPSA) is 86.3 Å². The van der Waals surface area contributed by atoms with Gasteiger partial charge in [0.2, 0.25) is 0 Å². The van der Waals surface area contributed by atoms with Crippen LogP contribution in [0.1, 0.15) is 21.7 Å². The van der Waals surface area contributed by atoms with Gasteiger partial charge < -0.3 is 10.1 Å². The molecular weight excluding hydrogens is 394 g/mol. The summed E-state index contributed by atoms with van der Waals surface area (Å²) >= 11 is 0. The first-order valence-electron chi connectivity index (χ1n) is 9.04. The summed E-state index contributed by atoms with van der Waals surface area (Å²) in [5.74, 6) is -0.691. The van der Waals surface area contributed by atoms with Gasteiger partial charge in [-0.15, -0.1) is 0 Å². The van der Waals surface area contributed by atoms with E-state index in [9.17, 15) is 13.6 Å². The average molecular weight is 412 g/mol. The first kappa shape index (κ1) is 19.5. The van der Waals surface area contributed by atoms with E-state index in [1.54, 1.807) is 40.6 Å². The zero-order valence-corrected chi connectivity index (χ0v) is 16.4. The largest absolute Gasteiger partial charge is 0.433 e. The Morgan fingerprint density at radius 1 is 1.20 bits per heavy atom. The molecule has 1 N–H and O–H groups in total. The highest BCUT2D eigenvalue weighted by Crippen LogP contribution is 2.28. The quantitative estimate of drug-likeness (QED) is 0.541. The molecule has 4 aromatic rings. The third-order valence-electron chi connectivity index (χ3n) is 4.70. The molecule has 0 unspecified atom stereocenters. The minimum absolute atomic E-state index is 0.0834. The lowest BCUT2D eigenvalue weighted by molar-refractivity contribution is -0.0494. The van der Waals surface area contributed by atoms with Crippen LogP contribution in [0.5, 0.6) is 5.75 Å². The summed E-state index contributed by atoms with van der Waals surface area (Å²) in [5, 5.41) is 11.2. The molecule has 4 rings (SSSR count). The highest BCUT2D eigenvalue weighted by Gasteiger charge is 2.18. The summed E-state index contributed by atoms with van der Waals surface area (Å²) in [5.41, 5.74) is 3.90. The molecular formula is C20H18F2N6O2. The van der Waals surface area contributed by atoms with Crippen LogP contribution in [0.15, 0.2) is 42.7 Å². The highest BCUT2D eigenvalue weighted by atomic mass is 19.3. The van der Waals surface area contributed by atoms with Crippen molar-refractivity contribution in [1.82, 2.24) is 24.4 Å². The van der Waals surface area contributed by atoms with E-state index in [1.807, 2.05) is 14.0 Å². The van der Waals surface area contributed by atoms with Crippen molar-refractivity contribution < 1.29 is 18.3 Å². The molecule has 1 amide bonds. The Labute approximate surface area is 170 Å². The highest BCUT2D eigenvalue weighted by molar-refractivity contribution is 6.04. The number of halogens is 2. The van der Waals surface area contributed by atoms with Crippen LogP contribution in [0.3, 0.4) is 0 Å². The molecule has 1 aromatic carbocycles. The lowest BCUT2D eigenvalue weighted by Crippen LogP contribution is -2.14. The molecule has 3 aromatic heterocycles. The molecule has 0 bridgehead atoms. The Balaban J connectivity index is 1.69. The second kappa shape index (κ2) is 7.54. The SMILES string of the molecule is Cc1ccc(NC(=O)c2cc3nccc(-c4cnn(C)c4C)n3n2)c(OC(F)F)c1.